The second-order valence-electron chi connectivity index (χ2n) is 8.45. The highest BCUT2D eigenvalue weighted by molar-refractivity contribution is 5.83. The highest BCUT2D eigenvalue weighted by Crippen LogP contribution is 2.27. The van der Waals surface area contributed by atoms with Crippen molar-refractivity contribution in [2.45, 2.75) is 40.0 Å². The zero-order valence-electron chi connectivity index (χ0n) is 16.2. The van der Waals surface area contributed by atoms with Gasteiger partial charge < -0.3 is 9.80 Å². The Labute approximate surface area is 156 Å². The van der Waals surface area contributed by atoms with Crippen molar-refractivity contribution in [3.05, 3.63) is 42.0 Å². The summed E-state index contributed by atoms with van der Waals surface area (Å²) in [7, 11) is 0. The van der Waals surface area contributed by atoms with Gasteiger partial charge in [0.15, 0.2) is 0 Å². The van der Waals surface area contributed by atoms with Crippen molar-refractivity contribution in [3.8, 4) is 0 Å². The average Bonchev–Trinajstić information content (AvgIpc) is 2.67. The van der Waals surface area contributed by atoms with Crippen LogP contribution in [0.2, 0.25) is 0 Å². The number of benzene rings is 1. The number of rotatable bonds is 2. The third-order valence-electron chi connectivity index (χ3n) is 5.44. The third kappa shape index (κ3) is 4.17. The molecule has 1 aromatic rings. The molecule has 140 valence electrons. The van der Waals surface area contributed by atoms with E-state index in [1.165, 1.54) is 11.1 Å². The quantitative estimate of drug-likeness (QED) is 0.814. The van der Waals surface area contributed by atoms with Gasteiger partial charge in [0.1, 0.15) is 0 Å². The van der Waals surface area contributed by atoms with Gasteiger partial charge in [-0.2, -0.15) is 0 Å². The molecule has 0 N–H and O–H groups in total. The number of hydrogen-bond donors (Lipinski definition) is 0. The SMILES string of the molecule is CC(C)(C)C(=O)N1CCC(C(=O)N2CC=C(c3ccccc3)CC2)CC1. The van der Waals surface area contributed by atoms with Crippen molar-refractivity contribution < 1.29 is 9.59 Å². The molecule has 0 spiro atoms. The highest BCUT2D eigenvalue weighted by atomic mass is 16.2. The summed E-state index contributed by atoms with van der Waals surface area (Å²) in [4.78, 5) is 29.2. The fourth-order valence-electron chi connectivity index (χ4n) is 3.85. The summed E-state index contributed by atoms with van der Waals surface area (Å²) in [6.45, 7) is 8.76. The maximum absolute atomic E-state index is 12.9. The first-order chi connectivity index (χ1) is 12.4. The number of carbonyl (C=O) groups excluding carboxylic acids is 2. The summed E-state index contributed by atoms with van der Waals surface area (Å²) in [5.41, 5.74) is 2.25. The van der Waals surface area contributed by atoms with E-state index in [0.29, 0.717) is 19.6 Å². The van der Waals surface area contributed by atoms with Gasteiger partial charge in [0.2, 0.25) is 11.8 Å². The predicted molar refractivity (Wildman–Crippen MR) is 104 cm³/mol. The molecular weight excluding hydrogens is 324 g/mol. The lowest BCUT2D eigenvalue weighted by Gasteiger charge is -2.37. The monoisotopic (exact) mass is 354 g/mol. The Balaban J connectivity index is 1.54. The molecule has 4 nitrogen and oxygen atoms in total. The second-order valence-corrected chi connectivity index (χ2v) is 8.45. The Morgan fingerprint density at radius 2 is 1.62 bits per heavy atom. The highest BCUT2D eigenvalue weighted by Gasteiger charge is 2.34. The van der Waals surface area contributed by atoms with Gasteiger partial charge in [-0.3, -0.25) is 9.59 Å². The molecule has 0 unspecified atom stereocenters. The molecule has 3 rings (SSSR count). The lowest BCUT2D eigenvalue weighted by atomic mass is 9.90. The van der Waals surface area contributed by atoms with Crippen molar-refractivity contribution in [1.29, 1.82) is 0 Å². The number of carbonyl (C=O) groups is 2. The fourth-order valence-corrected chi connectivity index (χ4v) is 3.85. The Morgan fingerprint density at radius 1 is 0.962 bits per heavy atom. The third-order valence-corrected chi connectivity index (χ3v) is 5.44. The molecule has 0 bridgehead atoms. The standard InChI is InChI=1S/C22H30N2O2/c1-22(2,3)21(26)24-15-11-19(12-16-24)20(25)23-13-9-18(10-14-23)17-7-5-4-6-8-17/h4-9,19H,10-16H2,1-3H3. The summed E-state index contributed by atoms with van der Waals surface area (Å²) in [5.74, 6) is 0.513. The smallest absolute Gasteiger partial charge is 0.227 e. The van der Waals surface area contributed by atoms with Gasteiger partial charge in [0.05, 0.1) is 0 Å². The van der Waals surface area contributed by atoms with E-state index in [0.717, 1.165) is 25.8 Å². The molecule has 1 fully saturated rings. The Bertz CT molecular complexity index is 680. The molecule has 2 aliphatic rings. The van der Waals surface area contributed by atoms with Crippen LogP contribution < -0.4 is 0 Å². The van der Waals surface area contributed by atoms with Crippen molar-refractivity contribution in [3.63, 3.8) is 0 Å². The summed E-state index contributed by atoms with van der Waals surface area (Å²) >= 11 is 0. The summed E-state index contributed by atoms with van der Waals surface area (Å²) in [6, 6.07) is 10.4. The van der Waals surface area contributed by atoms with Crippen LogP contribution >= 0.6 is 0 Å². The number of piperidine rings is 1. The molecule has 0 radical (unpaired) electrons. The van der Waals surface area contributed by atoms with Crippen LogP contribution in [0, 0.1) is 11.3 Å². The first kappa shape index (κ1) is 18.7. The molecule has 1 saturated heterocycles. The van der Waals surface area contributed by atoms with E-state index in [9.17, 15) is 9.59 Å². The van der Waals surface area contributed by atoms with E-state index in [1.807, 2.05) is 36.6 Å². The van der Waals surface area contributed by atoms with Gasteiger partial charge in [0.25, 0.3) is 0 Å². The number of nitrogens with zero attached hydrogens (tertiary/aromatic N) is 2. The summed E-state index contributed by atoms with van der Waals surface area (Å²) < 4.78 is 0. The molecule has 0 saturated carbocycles. The van der Waals surface area contributed by atoms with Gasteiger partial charge in [0, 0.05) is 37.5 Å². The van der Waals surface area contributed by atoms with Gasteiger partial charge in [-0.1, -0.05) is 57.2 Å². The predicted octanol–water partition coefficient (Wildman–Crippen LogP) is 3.59. The molecule has 0 aromatic heterocycles. The molecule has 2 aliphatic heterocycles. The van der Waals surface area contributed by atoms with E-state index in [1.54, 1.807) is 0 Å². The van der Waals surface area contributed by atoms with E-state index in [4.69, 9.17) is 0 Å². The van der Waals surface area contributed by atoms with E-state index in [2.05, 4.69) is 30.3 Å². The minimum atomic E-state index is -0.345. The maximum Gasteiger partial charge on any atom is 0.227 e. The van der Waals surface area contributed by atoms with Crippen molar-refractivity contribution in [2.24, 2.45) is 11.3 Å². The maximum atomic E-state index is 12.9. The van der Waals surface area contributed by atoms with Crippen molar-refractivity contribution in [2.75, 3.05) is 26.2 Å². The normalized spacial score (nSPS) is 19.3. The molecular formula is C22H30N2O2. The molecule has 1 aromatic carbocycles. The molecule has 4 heteroatoms. The van der Waals surface area contributed by atoms with Crippen molar-refractivity contribution >= 4 is 17.4 Å². The van der Waals surface area contributed by atoms with Crippen LogP contribution in [0.3, 0.4) is 0 Å². The zero-order valence-corrected chi connectivity index (χ0v) is 16.2. The van der Waals surface area contributed by atoms with Crippen LogP contribution in [0.4, 0.5) is 0 Å². The Kier molecular flexibility index (Phi) is 5.49. The van der Waals surface area contributed by atoms with Crippen LogP contribution in [-0.2, 0) is 9.59 Å². The minimum Gasteiger partial charge on any atom is -0.342 e. The lowest BCUT2D eigenvalue weighted by molar-refractivity contribution is -0.144. The summed E-state index contributed by atoms with van der Waals surface area (Å²) in [5, 5.41) is 0. The largest absolute Gasteiger partial charge is 0.342 e. The van der Waals surface area contributed by atoms with Crippen LogP contribution in [0.15, 0.2) is 36.4 Å². The van der Waals surface area contributed by atoms with Crippen LogP contribution in [0.25, 0.3) is 5.57 Å². The molecule has 2 amide bonds. The van der Waals surface area contributed by atoms with Gasteiger partial charge in [-0.15, -0.1) is 0 Å². The number of hydrogen-bond acceptors (Lipinski definition) is 2. The van der Waals surface area contributed by atoms with E-state index < -0.39 is 0 Å². The van der Waals surface area contributed by atoms with E-state index >= 15 is 0 Å². The van der Waals surface area contributed by atoms with Crippen LogP contribution in [0.1, 0.15) is 45.6 Å². The first-order valence-electron chi connectivity index (χ1n) is 9.69. The fraction of sp³-hybridized carbons (Fsp3) is 0.545. The summed E-state index contributed by atoms with van der Waals surface area (Å²) in [6.07, 6.45) is 4.67. The van der Waals surface area contributed by atoms with Gasteiger partial charge >= 0.3 is 0 Å². The Morgan fingerprint density at radius 3 is 2.15 bits per heavy atom. The first-order valence-corrected chi connectivity index (χ1v) is 9.69. The van der Waals surface area contributed by atoms with Crippen LogP contribution in [-0.4, -0.2) is 47.8 Å². The van der Waals surface area contributed by atoms with Crippen LogP contribution in [0.5, 0.6) is 0 Å². The number of amides is 2. The second kappa shape index (κ2) is 7.65. The molecule has 0 aliphatic carbocycles. The minimum absolute atomic E-state index is 0.0608. The van der Waals surface area contributed by atoms with Crippen molar-refractivity contribution in [1.82, 2.24) is 9.80 Å². The van der Waals surface area contributed by atoms with E-state index in [-0.39, 0.29) is 23.1 Å². The topological polar surface area (TPSA) is 40.6 Å². The molecule has 26 heavy (non-hydrogen) atoms. The average molecular weight is 354 g/mol. The Hall–Kier alpha value is -2.10. The zero-order chi connectivity index (χ0) is 18.7. The van der Waals surface area contributed by atoms with Gasteiger partial charge in [-0.25, -0.2) is 0 Å². The molecule has 2 heterocycles. The number of likely N-dealkylation sites (tertiary alicyclic amines) is 1. The molecule has 0 atom stereocenters. The lowest BCUT2D eigenvalue weighted by Crippen LogP contribution is -2.47. The van der Waals surface area contributed by atoms with Gasteiger partial charge in [-0.05, 0) is 30.4 Å².